The molecule has 0 amide bonds. The maximum Gasteiger partial charge on any atom is 0.124 e. The summed E-state index contributed by atoms with van der Waals surface area (Å²) in [4.78, 5) is 0. The smallest absolute Gasteiger partial charge is 0.124 e. The first-order valence-corrected chi connectivity index (χ1v) is 4.60. The van der Waals surface area contributed by atoms with E-state index < -0.39 is 0 Å². The first-order valence-electron chi connectivity index (χ1n) is 3.81. The highest BCUT2D eigenvalue weighted by Gasteiger charge is 2.02. The molecule has 0 saturated carbocycles. The Balaban J connectivity index is 2.85. The molecule has 1 nitrogen and oxygen atoms in total. The zero-order chi connectivity index (χ0) is 9.84. The van der Waals surface area contributed by atoms with Crippen LogP contribution >= 0.6 is 15.9 Å². The van der Waals surface area contributed by atoms with Crippen LogP contribution in [-0.2, 0) is 0 Å². The first kappa shape index (κ1) is 10.1. The lowest BCUT2D eigenvalue weighted by molar-refractivity contribution is 0.627. The van der Waals surface area contributed by atoms with Gasteiger partial charge >= 0.3 is 0 Å². The number of terminal acetylenes is 1. The molecule has 0 radical (unpaired) electrons. The van der Waals surface area contributed by atoms with E-state index in [0.717, 1.165) is 5.69 Å². The Kier molecular flexibility index (Phi) is 3.32. The molecule has 0 saturated heterocycles. The van der Waals surface area contributed by atoms with E-state index in [4.69, 9.17) is 6.42 Å². The number of rotatable bonds is 2. The lowest BCUT2D eigenvalue weighted by atomic mass is 10.2. The molecule has 1 N–H and O–H groups in total. The molecule has 0 aliphatic heterocycles. The number of benzene rings is 1. The predicted octanol–water partition coefficient (Wildman–Crippen LogP) is 3.02. The molecular weight excluding hydrogens is 233 g/mol. The van der Waals surface area contributed by atoms with Crippen LogP contribution < -0.4 is 5.32 Å². The van der Waals surface area contributed by atoms with Gasteiger partial charge in [0.15, 0.2) is 0 Å². The Morgan fingerprint density at radius 1 is 1.62 bits per heavy atom. The second-order valence-electron chi connectivity index (χ2n) is 2.66. The average molecular weight is 242 g/mol. The molecule has 1 atom stereocenters. The van der Waals surface area contributed by atoms with Crippen LogP contribution in [0, 0.1) is 18.2 Å². The van der Waals surface area contributed by atoms with E-state index in [2.05, 4.69) is 27.2 Å². The fourth-order valence-electron chi connectivity index (χ4n) is 0.881. The van der Waals surface area contributed by atoms with Crippen molar-refractivity contribution >= 4 is 21.6 Å². The van der Waals surface area contributed by atoms with Crippen LogP contribution in [0.15, 0.2) is 22.7 Å². The Morgan fingerprint density at radius 3 is 2.85 bits per heavy atom. The summed E-state index contributed by atoms with van der Waals surface area (Å²) < 4.78 is 13.3. The van der Waals surface area contributed by atoms with Gasteiger partial charge in [0.05, 0.1) is 6.04 Å². The molecule has 0 bridgehead atoms. The fourth-order valence-corrected chi connectivity index (χ4v) is 1.35. The van der Waals surface area contributed by atoms with Gasteiger partial charge in [-0.05, 0) is 41.1 Å². The van der Waals surface area contributed by atoms with E-state index in [0.29, 0.717) is 4.47 Å². The number of anilines is 1. The lowest BCUT2D eigenvalue weighted by Gasteiger charge is -2.10. The molecule has 13 heavy (non-hydrogen) atoms. The van der Waals surface area contributed by atoms with E-state index in [1.807, 2.05) is 6.92 Å². The summed E-state index contributed by atoms with van der Waals surface area (Å²) in [6.45, 7) is 1.86. The summed E-state index contributed by atoms with van der Waals surface area (Å²) in [6.07, 6.45) is 5.20. The quantitative estimate of drug-likeness (QED) is 0.786. The minimum atomic E-state index is -0.272. The Hall–Kier alpha value is -1.01. The second kappa shape index (κ2) is 4.29. The molecule has 1 unspecified atom stereocenters. The van der Waals surface area contributed by atoms with Crippen molar-refractivity contribution in [1.29, 1.82) is 0 Å². The molecule has 0 aliphatic carbocycles. The van der Waals surface area contributed by atoms with Gasteiger partial charge in [0.2, 0.25) is 0 Å². The maximum absolute atomic E-state index is 12.7. The third-order valence-corrected chi connectivity index (χ3v) is 2.21. The van der Waals surface area contributed by atoms with Crippen molar-refractivity contribution in [3.8, 4) is 12.3 Å². The summed E-state index contributed by atoms with van der Waals surface area (Å²) in [5.74, 6) is 2.26. The van der Waals surface area contributed by atoms with Gasteiger partial charge in [-0.15, -0.1) is 6.42 Å². The molecule has 0 heterocycles. The molecule has 0 aliphatic rings. The van der Waals surface area contributed by atoms with E-state index in [9.17, 15) is 4.39 Å². The first-order chi connectivity index (χ1) is 6.13. The van der Waals surface area contributed by atoms with Crippen molar-refractivity contribution < 1.29 is 4.39 Å². The summed E-state index contributed by atoms with van der Waals surface area (Å²) >= 11 is 3.23. The van der Waals surface area contributed by atoms with Crippen LogP contribution in [0.3, 0.4) is 0 Å². The number of halogens is 2. The Bertz CT molecular complexity index is 343. The highest BCUT2D eigenvalue weighted by atomic mass is 79.9. The van der Waals surface area contributed by atoms with Gasteiger partial charge in [-0.3, -0.25) is 0 Å². The van der Waals surface area contributed by atoms with Crippen molar-refractivity contribution in [1.82, 2.24) is 0 Å². The number of hydrogen-bond acceptors (Lipinski definition) is 1. The summed E-state index contributed by atoms with van der Waals surface area (Å²) in [6, 6.07) is 4.36. The van der Waals surface area contributed by atoms with E-state index in [1.54, 1.807) is 6.07 Å². The van der Waals surface area contributed by atoms with Crippen molar-refractivity contribution in [3.63, 3.8) is 0 Å². The average Bonchev–Trinajstić information content (AvgIpc) is 2.09. The normalized spacial score (nSPS) is 11.8. The molecule has 1 rings (SSSR count). The van der Waals surface area contributed by atoms with Crippen molar-refractivity contribution in [3.05, 3.63) is 28.5 Å². The molecule has 0 spiro atoms. The Morgan fingerprint density at radius 2 is 2.31 bits per heavy atom. The van der Waals surface area contributed by atoms with Gasteiger partial charge in [0.25, 0.3) is 0 Å². The van der Waals surface area contributed by atoms with E-state index >= 15 is 0 Å². The minimum absolute atomic E-state index is 0.0678. The fraction of sp³-hybridized carbons (Fsp3) is 0.200. The molecule has 3 heteroatoms. The molecule has 68 valence electrons. The predicted molar refractivity (Wildman–Crippen MR) is 56.0 cm³/mol. The standard InChI is InChI=1S/C10H9BrFN/c1-3-7(2)13-10-5-4-8(12)6-9(10)11/h1,4-7,13H,2H3. The third-order valence-electron chi connectivity index (χ3n) is 1.55. The highest BCUT2D eigenvalue weighted by molar-refractivity contribution is 9.10. The topological polar surface area (TPSA) is 12.0 Å². The van der Waals surface area contributed by atoms with Crippen molar-refractivity contribution in [2.24, 2.45) is 0 Å². The van der Waals surface area contributed by atoms with E-state index in [1.165, 1.54) is 12.1 Å². The molecule has 1 aromatic rings. The number of hydrogen-bond donors (Lipinski definition) is 1. The monoisotopic (exact) mass is 241 g/mol. The maximum atomic E-state index is 12.7. The summed E-state index contributed by atoms with van der Waals surface area (Å²) in [5.41, 5.74) is 0.798. The van der Waals surface area contributed by atoms with Gasteiger partial charge in [-0.2, -0.15) is 0 Å². The third kappa shape index (κ3) is 2.74. The van der Waals surface area contributed by atoms with Crippen LogP contribution in [0.5, 0.6) is 0 Å². The zero-order valence-corrected chi connectivity index (χ0v) is 8.73. The Labute approximate surface area is 85.5 Å². The van der Waals surface area contributed by atoms with Crippen LogP contribution in [0.25, 0.3) is 0 Å². The van der Waals surface area contributed by atoms with Crippen LogP contribution in [0.2, 0.25) is 0 Å². The van der Waals surface area contributed by atoms with Crippen molar-refractivity contribution in [2.75, 3.05) is 5.32 Å². The molecule has 1 aromatic carbocycles. The lowest BCUT2D eigenvalue weighted by Crippen LogP contribution is -2.12. The summed E-state index contributed by atoms with van der Waals surface area (Å²) in [7, 11) is 0. The van der Waals surface area contributed by atoms with Gasteiger partial charge in [-0.1, -0.05) is 5.92 Å². The van der Waals surface area contributed by atoms with Gasteiger partial charge in [0.1, 0.15) is 5.82 Å². The zero-order valence-electron chi connectivity index (χ0n) is 7.14. The van der Waals surface area contributed by atoms with Crippen LogP contribution in [0.1, 0.15) is 6.92 Å². The number of nitrogens with one attached hydrogen (secondary N) is 1. The van der Waals surface area contributed by atoms with Gasteiger partial charge in [0, 0.05) is 10.2 Å². The molecular formula is C10H9BrFN. The van der Waals surface area contributed by atoms with Crippen molar-refractivity contribution in [2.45, 2.75) is 13.0 Å². The largest absolute Gasteiger partial charge is 0.371 e. The van der Waals surface area contributed by atoms with Gasteiger partial charge < -0.3 is 5.32 Å². The highest BCUT2D eigenvalue weighted by Crippen LogP contribution is 2.23. The second-order valence-corrected chi connectivity index (χ2v) is 3.51. The molecule has 0 aromatic heterocycles. The SMILES string of the molecule is C#CC(C)Nc1ccc(F)cc1Br. The van der Waals surface area contributed by atoms with Gasteiger partial charge in [-0.25, -0.2) is 4.39 Å². The van der Waals surface area contributed by atoms with Crippen LogP contribution in [-0.4, -0.2) is 6.04 Å². The summed E-state index contributed by atoms with van der Waals surface area (Å²) in [5, 5.41) is 3.04. The minimum Gasteiger partial charge on any atom is -0.371 e. The molecule has 0 fully saturated rings. The van der Waals surface area contributed by atoms with E-state index in [-0.39, 0.29) is 11.9 Å². The van der Waals surface area contributed by atoms with Crippen LogP contribution in [0.4, 0.5) is 10.1 Å².